The fraction of sp³-hybridized carbons (Fsp3) is 0.538. The summed E-state index contributed by atoms with van der Waals surface area (Å²) in [6, 6.07) is 5.66. The molecule has 0 aromatic heterocycles. The van der Waals surface area contributed by atoms with Gasteiger partial charge in [-0.15, -0.1) is 0 Å². The minimum Gasteiger partial charge on any atom is -0.491 e. The highest BCUT2D eigenvalue weighted by Crippen LogP contribution is 2.26. The van der Waals surface area contributed by atoms with E-state index in [0.29, 0.717) is 12.2 Å². The van der Waals surface area contributed by atoms with Gasteiger partial charge in [-0.05, 0) is 32.4 Å². The summed E-state index contributed by atoms with van der Waals surface area (Å²) in [5.41, 5.74) is 1.85. The molecule has 0 spiro atoms. The van der Waals surface area contributed by atoms with Crippen molar-refractivity contribution < 1.29 is 14.9 Å². The molecule has 16 heavy (non-hydrogen) atoms. The summed E-state index contributed by atoms with van der Waals surface area (Å²) in [7, 11) is 0. The minimum absolute atomic E-state index is 0.263. The molecule has 2 N–H and O–H groups in total. The summed E-state index contributed by atoms with van der Waals surface area (Å²) in [5, 5.41) is 19.0. The van der Waals surface area contributed by atoms with Crippen molar-refractivity contribution in [1.29, 1.82) is 0 Å². The minimum atomic E-state index is -0.561. The van der Waals surface area contributed by atoms with Gasteiger partial charge in [0.25, 0.3) is 0 Å². The lowest BCUT2D eigenvalue weighted by Gasteiger charge is -2.16. The number of ether oxygens (including phenoxy) is 1. The largest absolute Gasteiger partial charge is 0.491 e. The van der Waals surface area contributed by atoms with Gasteiger partial charge >= 0.3 is 0 Å². The maximum atomic E-state index is 9.61. The lowest BCUT2D eigenvalue weighted by molar-refractivity contribution is 0.101. The molecule has 3 nitrogen and oxygen atoms in total. The van der Waals surface area contributed by atoms with Crippen LogP contribution in [0.1, 0.15) is 37.5 Å². The van der Waals surface area contributed by atoms with Crippen molar-refractivity contribution in [2.75, 3.05) is 6.61 Å². The van der Waals surface area contributed by atoms with Gasteiger partial charge in [-0.25, -0.2) is 0 Å². The van der Waals surface area contributed by atoms with Crippen LogP contribution in [0.4, 0.5) is 0 Å². The molecule has 0 radical (unpaired) electrons. The van der Waals surface area contributed by atoms with Crippen LogP contribution in [0.5, 0.6) is 5.75 Å². The van der Waals surface area contributed by atoms with Gasteiger partial charge in [-0.3, -0.25) is 0 Å². The van der Waals surface area contributed by atoms with Gasteiger partial charge in [0.1, 0.15) is 12.4 Å². The fourth-order valence-electron chi connectivity index (χ4n) is 1.43. The Bertz CT molecular complexity index is 334. The molecule has 3 heteroatoms. The topological polar surface area (TPSA) is 49.7 Å². The normalized spacial score (nSPS) is 14.6. The average molecular weight is 224 g/mol. The first-order valence-electron chi connectivity index (χ1n) is 5.64. The number of hydrogen-bond acceptors (Lipinski definition) is 3. The van der Waals surface area contributed by atoms with Gasteiger partial charge < -0.3 is 14.9 Å². The average Bonchev–Trinajstić information content (AvgIpc) is 2.26. The molecule has 0 bridgehead atoms. The Balaban J connectivity index is 2.78. The lowest BCUT2D eigenvalue weighted by Crippen LogP contribution is -2.16. The van der Waals surface area contributed by atoms with Gasteiger partial charge in [0.05, 0.1) is 12.2 Å². The maximum Gasteiger partial charge on any atom is 0.125 e. The van der Waals surface area contributed by atoms with E-state index in [2.05, 4.69) is 0 Å². The summed E-state index contributed by atoms with van der Waals surface area (Å²) in [4.78, 5) is 0. The first kappa shape index (κ1) is 13.0. The Morgan fingerprint density at radius 3 is 2.56 bits per heavy atom. The molecule has 1 unspecified atom stereocenters. The van der Waals surface area contributed by atoms with Crippen molar-refractivity contribution in [3.05, 3.63) is 29.3 Å². The van der Waals surface area contributed by atoms with Crippen molar-refractivity contribution in [2.45, 2.75) is 39.4 Å². The number of rotatable bonds is 5. The number of benzene rings is 1. The third-order valence-corrected chi connectivity index (χ3v) is 2.52. The van der Waals surface area contributed by atoms with Crippen molar-refractivity contribution in [3.63, 3.8) is 0 Å². The van der Waals surface area contributed by atoms with Crippen LogP contribution in [0, 0.1) is 6.92 Å². The van der Waals surface area contributed by atoms with Crippen LogP contribution in [-0.2, 0) is 0 Å². The van der Waals surface area contributed by atoms with Crippen LogP contribution in [-0.4, -0.2) is 22.9 Å². The second-order valence-corrected chi connectivity index (χ2v) is 4.09. The second-order valence-electron chi connectivity index (χ2n) is 4.09. The molecule has 2 atom stereocenters. The number of aliphatic hydroxyl groups is 2. The van der Waals surface area contributed by atoms with E-state index in [4.69, 9.17) is 4.74 Å². The van der Waals surface area contributed by atoms with Crippen LogP contribution >= 0.6 is 0 Å². The quantitative estimate of drug-likeness (QED) is 0.806. The Morgan fingerprint density at radius 2 is 2.00 bits per heavy atom. The van der Waals surface area contributed by atoms with E-state index in [-0.39, 0.29) is 6.61 Å². The summed E-state index contributed by atoms with van der Waals surface area (Å²) in [5.74, 6) is 0.646. The van der Waals surface area contributed by atoms with Crippen molar-refractivity contribution >= 4 is 0 Å². The third-order valence-electron chi connectivity index (χ3n) is 2.52. The van der Waals surface area contributed by atoms with Gasteiger partial charge in [0.15, 0.2) is 0 Å². The van der Waals surface area contributed by atoms with Crippen molar-refractivity contribution in [1.82, 2.24) is 0 Å². The Hall–Kier alpha value is -1.06. The highest BCUT2D eigenvalue weighted by Gasteiger charge is 2.10. The Labute approximate surface area is 96.7 Å². The molecule has 0 amide bonds. The van der Waals surface area contributed by atoms with Gasteiger partial charge in [-0.2, -0.15) is 0 Å². The smallest absolute Gasteiger partial charge is 0.125 e. The number of aryl methyl sites for hydroxylation is 1. The van der Waals surface area contributed by atoms with Crippen LogP contribution in [0.3, 0.4) is 0 Å². The molecule has 1 aromatic rings. The molecule has 0 saturated heterocycles. The second kappa shape index (κ2) is 5.87. The first-order valence-corrected chi connectivity index (χ1v) is 5.64. The fourth-order valence-corrected chi connectivity index (χ4v) is 1.43. The van der Waals surface area contributed by atoms with Crippen LogP contribution in [0.25, 0.3) is 0 Å². The van der Waals surface area contributed by atoms with Crippen molar-refractivity contribution in [3.8, 4) is 5.75 Å². The molecule has 1 aromatic carbocycles. The zero-order valence-electron chi connectivity index (χ0n) is 10.1. The number of hydrogen-bond donors (Lipinski definition) is 2. The zero-order valence-corrected chi connectivity index (χ0v) is 10.1. The van der Waals surface area contributed by atoms with E-state index in [1.54, 1.807) is 6.92 Å². The molecule has 0 aliphatic carbocycles. The van der Waals surface area contributed by atoms with Crippen LogP contribution < -0.4 is 4.74 Å². The van der Waals surface area contributed by atoms with E-state index in [0.717, 1.165) is 11.1 Å². The molecule has 0 heterocycles. The van der Waals surface area contributed by atoms with Crippen molar-refractivity contribution in [2.24, 2.45) is 0 Å². The first-order chi connectivity index (χ1) is 7.54. The highest BCUT2D eigenvalue weighted by molar-refractivity contribution is 5.38. The van der Waals surface area contributed by atoms with Gasteiger partial charge in [0.2, 0.25) is 0 Å². The summed E-state index contributed by atoms with van der Waals surface area (Å²) in [6.45, 7) is 5.84. The number of aliphatic hydroxyl groups excluding tert-OH is 2. The molecule has 90 valence electrons. The Morgan fingerprint density at radius 1 is 1.31 bits per heavy atom. The molecule has 0 aliphatic heterocycles. The standard InChI is InChI=1S/C13H20O3/c1-4-11(15)8-16-13-6-5-9(2)7-12(13)10(3)14/h5-7,10-11,14-15H,4,8H2,1-3H3/t10-,11?/m0/s1. The summed E-state index contributed by atoms with van der Waals surface area (Å²) < 4.78 is 5.50. The van der Waals surface area contributed by atoms with E-state index in [1.807, 2.05) is 32.0 Å². The van der Waals surface area contributed by atoms with Gasteiger partial charge in [-0.1, -0.05) is 18.6 Å². The van der Waals surface area contributed by atoms with Gasteiger partial charge in [0, 0.05) is 5.56 Å². The predicted molar refractivity (Wildman–Crippen MR) is 63.6 cm³/mol. The zero-order chi connectivity index (χ0) is 12.1. The van der Waals surface area contributed by atoms with E-state index in [9.17, 15) is 10.2 Å². The summed E-state index contributed by atoms with van der Waals surface area (Å²) in [6.07, 6.45) is -0.354. The molecular weight excluding hydrogens is 204 g/mol. The molecule has 0 aliphatic rings. The van der Waals surface area contributed by atoms with E-state index < -0.39 is 12.2 Å². The Kier molecular flexibility index (Phi) is 4.77. The van der Waals surface area contributed by atoms with E-state index in [1.165, 1.54) is 0 Å². The SMILES string of the molecule is CCC(O)COc1ccc(C)cc1[C@H](C)O. The third kappa shape index (κ3) is 3.51. The molecule has 1 rings (SSSR count). The molecular formula is C13H20O3. The molecule has 0 fully saturated rings. The predicted octanol–water partition coefficient (Wildman–Crippen LogP) is 2.20. The highest BCUT2D eigenvalue weighted by atomic mass is 16.5. The van der Waals surface area contributed by atoms with E-state index >= 15 is 0 Å². The van der Waals surface area contributed by atoms with Crippen LogP contribution in [0.15, 0.2) is 18.2 Å². The molecule has 0 saturated carbocycles. The van der Waals surface area contributed by atoms with Crippen LogP contribution in [0.2, 0.25) is 0 Å². The lowest BCUT2D eigenvalue weighted by atomic mass is 10.1. The monoisotopic (exact) mass is 224 g/mol. The summed E-state index contributed by atoms with van der Waals surface area (Å²) >= 11 is 0. The maximum absolute atomic E-state index is 9.61.